The van der Waals surface area contributed by atoms with Gasteiger partial charge in [0.2, 0.25) is 11.9 Å². The number of hydrogen-bond donors (Lipinski definition) is 2. The van der Waals surface area contributed by atoms with Gasteiger partial charge >= 0.3 is 0 Å². The Morgan fingerprint density at radius 1 is 1.22 bits per heavy atom. The molecule has 0 bridgehead atoms. The third kappa shape index (κ3) is 2.85. The van der Waals surface area contributed by atoms with Crippen LogP contribution in [0.1, 0.15) is 32.1 Å². The molecule has 0 saturated heterocycles. The van der Waals surface area contributed by atoms with Crippen molar-refractivity contribution in [1.82, 2.24) is 0 Å². The molecule has 1 saturated carbocycles. The van der Waals surface area contributed by atoms with Crippen molar-refractivity contribution in [2.75, 3.05) is 4.90 Å². The van der Waals surface area contributed by atoms with Gasteiger partial charge in [0, 0.05) is 4.47 Å². The quantitative estimate of drug-likeness (QED) is 0.482. The van der Waals surface area contributed by atoms with Gasteiger partial charge < -0.3 is 11.5 Å². The number of hydrogen-bond acceptors (Lipinski definition) is 5. The zero-order chi connectivity index (χ0) is 16.8. The molecule has 0 atom stereocenters. The summed E-state index contributed by atoms with van der Waals surface area (Å²) in [7, 11) is 0. The van der Waals surface area contributed by atoms with E-state index in [1.165, 1.54) is 6.07 Å². The minimum Gasteiger partial charge on any atom is -0.369 e. The lowest BCUT2D eigenvalue weighted by atomic mass is 9.87. The molecule has 1 aliphatic carbocycles. The molecule has 23 heavy (non-hydrogen) atoms. The maximum Gasteiger partial charge on any atom is 0.220 e. The Hall–Kier alpha value is -0.860. The predicted molar refractivity (Wildman–Crippen MR) is 98.3 cm³/mol. The van der Waals surface area contributed by atoms with Crippen molar-refractivity contribution in [3.8, 4) is 0 Å². The number of benzene rings is 1. The van der Waals surface area contributed by atoms with Gasteiger partial charge in [0.15, 0.2) is 0 Å². The van der Waals surface area contributed by atoms with Gasteiger partial charge in [-0.1, -0.05) is 18.0 Å². The van der Waals surface area contributed by atoms with Crippen LogP contribution in [0.5, 0.6) is 0 Å². The summed E-state index contributed by atoms with van der Waals surface area (Å²) in [5, 5.41) is -0.00974. The molecular weight excluding hydrogens is 452 g/mol. The SMILES string of the molecule is NC1=NC2(CCCCC2)N(c2c(Br)cc(F)c(Cl)c2Br)C(N)=N1. The fourth-order valence-corrected chi connectivity index (χ4v) is 4.77. The van der Waals surface area contributed by atoms with Crippen molar-refractivity contribution in [2.24, 2.45) is 21.5 Å². The molecule has 1 heterocycles. The Labute approximate surface area is 155 Å². The van der Waals surface area contributed by atoms with Gasteiger partial charge in [0.25, 0.3) is 0 Å². The lowest BCUT2D eigenvalue weighted by Crippen LogP contribution is -2.58. The Kier molecular flexibility index (Phi) is 4.59. The van der Waals surface area contributed by atoms with Crippen LogP contribution in [-0.2, 0) is 0 Å². The Balaban J connectivity index is 2.21. The van der Waals surface area contributed by atoms with E-state index in [-0.39, 0.29) is 16.9 Å². The number of aliphatic imine (C=N–C) groups is 2. The first-order valence-electron chi connectivity index (χ1n) is 7.18. The first kappa shape index (κ1) is 17.0. The molecule has 3 rings (SSSR count). The summed E-state index contributed by atoms with van der Waals surface area (Å²) in [4.78, 5) is 10.5. The first-order chi connectivity index (χ1) is 10.9. The molecule has 9 heteroatoms. The van der Waals surface area contributed by atoms with Crippen molar-refractivity contribution >= 4 is 61.1 Å². The molecule has 5 nitrogen and oxygen atoms in total. The fourth-order valence-electron chi connectivity index (χ4n) is 3.21. The van der Waals surface area contributed by atoms with E-state index in [9.17, 15) is 4.39 Å². The summed E-state index contributed by atoms with van der Waals surface area (Å²) in [6.07, 6.45) is 4.72. The second-order valence-corrected chi connectivity index (χ2v) is 7.66. The van der Waals surface area contributed by atoms with E-state index in [0.29, 0.717) is 14.6 Å². The maximum atomic E-state index is 13.9. The standard InChI is InChI=1S/C14H15Br2ClFN5/c15-7-6-8(18)10(17)9(16)11(7)23-13(20)21-12(19)22-14(23)4-2-1-3-5-14/h6H,1-5H2,(H4,19,20,21,22). The van der Waals surface area contributed by atoms with Gasteiger partial charge in [-0.3, -0.25) is 4.90 Å². The molecule has 2 aliphatic rings. The highest BCUT2D eigenvalue weighted by Crippen LogP contribution is 2.47. The highest BCUT2D eigenvalue weighted by molar-refractivity contribution is 9.11. The van der Waals surface area contributed by atoms with Crippen molar-refractivity contribution in [3.63, 3.8) is 0 Å². The molecule has 1 fully saturated rings. The van der Waals surface area contributed by atoms with Crippen LogP contribution in [0, 0.1) is 5.82 Å². The van der Waals surface area contributed by atoms with E-state index in [2.05, 4.69) is 41.8 Å². The number of nitrogens with zero attached hydrogens (tertiary/aromatic N) is 3. The molecule has 0 aromatic heterocycles. The maximum absolute atomic E-state index is 13.9. The predicted octanol–water partition coefficient (Wildman–Crippen LogP) is 4.11. The molecule has 1 aliphatic heterocycles. The van der Waals surface area contributed by atoms with Crippen molar-refractivity contribution < 1.29 is 4.39 Å². The molecule has 0 unspecified atom stereocenters. The summed E-state index contributed by atoms with van der Waals surface area (Å²) in [5.74, 6) is -0.132. The van der Waals surface area contributed by atoms with Crippen molar-refractivity contribution in [1.29, 1.82) is 0 Å². The first-order valence-corrected chi connectivity index (χ1v) is 9.15. The number of nitrogens with two attached hydrogens (primary N) is 2. The lowest BCUT2D eigenvalue weighted by molar-refractivity contribution is 0.305. The second-order valence-electron chi connectivity index (χ2n) is 5.64. The minimum atomic E-state index is -0.611. The molecule has 0 radical (unpaired) electrons. The van der Waals surface area contributed by atoms with Gasteiger partial charge in [-0.15, -0.1) is 0 Å². The smallest absolute Gasteiger partial charge is 0.220 e. The van der Waals surface area contributed by atoms with Crippen LogP contribution in [0.4, 0.5) is 10.1 Å². The van der Waals surface area contributed by atoms with Gasteiger partial charge in [-0.25, -0.2) is 9.38 Å². The number of anilines is 1. The zero-order valence-electron chi connectivity index (χ0n) is 12.1. The summed E-state index contributed by atoms with van der Waals surface area (Å²) in [6, 6.07) is 1.31. The van der Waals surface area contributed by atoms with Crippen LogP contribution in [0.2, 0.25) is 5.02 Å². The third-order valence-corrected chi connectivity index (χ3v) is 6.14. The summed E-state index contributed by atoms with van der Waals surface area (Å²) >= 11 is 12.8. The van der Waals surface area contributed by atoms with E-state index in [1.54, 1.807) is 0 Å². The van der Waals surface area contributed by atoms with Crippen LogP contribution in [0.15, 0.2) is 25.0 Å². The van der Waals surface area contributed by atoms with Gasteiger partial charge in [0.05, 0.1) is 15.2 Å². The fraction of sp³-hybridized carbons (Fsp3) is 0.429. The lowest BCUT2D eigenvalue weighted by Gasteiger charge is -2.46. The van der Waals surface area contributed by atoms with E-state index < -0.39 is 11.5 Å². The van der Waals surface area contributed by atoms with Crippen LogP contribution in [-0.4, -0.2) is 17.6 Å². The summed E-state index contributed by atoms with van der Waals surface area (Å²) < 4.78 is 14.8. The van der Waals surface area contributed by atoms with E-state index >= 15 is 0 Å². The van der Waals surface area contributed by atoms with Crippen molar-refractivity contribution in [3.05, 3.63) is 25.9 Å². The van der Waals surface area contributed by atoms with E-state index in [4.69, 9.17) is 23.1 Å². The summed E-state index contributed by atoms with van der Waals surface area (Å²) in [6.45, 7) is 0. The highest BCUT2D eigenvalue weighted by atomic mass is 79.9. The summed E-state index contributed by atoms with van der Waals surface area (Å²) in [5.41, 5.74) is 12.0. The average Bonchev–Trinajstić information content (AvgIpc) is 2.48. The average molecular weight is 468 g/mol. The highest BCUT2D eigenvalue weighted by Gasteiger charge is 2.44. The molecule has 1 aromatic rings. The van der Waals surface area contributed by atoms with Crippen LogP contribution in [0.25, 0.3) is 0 Å². The Morgan fingerprint density at radius 2 is 1.87 bits per heavy atom. The third-order valence-electron chi connectivity index (χ3n) is 4.16. The van der Waals surface area contributed by atoms with Gasteiger partial charge in [0.1, 0.15) is 11.5 Å². The second kappa shape index (κ2) is 6.22. The molecule has 0 amide bonds. The minimum absolute atomic E-state index is 0.00974. The normalized spacial score (nSPS) is 20.4. The number of guanidine groups is 2. The van der Waals surface area contributed by atoms with Crippen LogP contribution in [0.3, 0.4) is 0 Å². The van der Waals surface area contributed by atoms with Gasteiger partial charge in [-0.2, -0.15) is 4.99 Å². The topological polar surface area (TPSA) is 80.0 Å². The van der Waals surface area contributed by atoms with Crippen LogP contribution < -0.4 is 16.4 Å². The van der Waals surface area contributed by atoms with Crippen molar-refractivity contribution in [2.45, 2.75) is 37.8 Å². The molecule has 1 aromatic carbocycles. The number of halogens is 4. The Bertz CT molecular complexity index is 716. The molecule has 4 N–H and O–H groups in total. The van der Waals surface area contributed by atoms with E-state index in [1.807, 2.05) is 4.90 Å². The molecule has 1 spiro atoms. The van der Waals surface area contributed by atoms with Gasteiger partial charge in [-0.05, 0) is 63.6 Å². The monoisotopic (exact) mass is 465 g/mol. The number of rotatable bonds is 1. The zero-order valence-corrected chi connectivity index (χ0v) is 16.0. The Morgan fingerprint density at radius 3 is 2.52 bits per heavy atom. The largest absolute Gasteiger partial charge is 0.369 e. The molecular formula is C14H15Br2ClFN5. The van der Waals surface area contributed by atoms with E-state index in [0.717, 1.165) is 32.1 Å². The van der Waals surface area contributed by atoms with Crippen LogP contribution >= 0.6 is 43.5 Å². The molecule has 124 valence electrons.